The second-order valence-corrected chi connectivity index (χ2v) is 4.75. The van der Waals surface area contributed by atoms with Gasteiger partial charge >= 0.3 is 0 Å². The van der Waals surface area contributed by atoms with Gasteiger partial charge in [0.05, 0.1) is 7.11 Å². The normalized spacial score (nSPS) is 11.0. The van der Waals surface area contributed by atoms with Crippen LogP contribution in [0.4, 0.5) is 0 Å². The van der Waals surface area contributed by atoms with Gasteiger partial charge in [-0.1, -0.05) is 6.07 Å². The summed E-state index contributed by atoms with van der Waals surface area (Å²) in [4.78, 5) is 10.5. The van der Waals surface area contributed by atoms with Crippen molar-refractivity contribution in [3.05, 3.63) is 23.8 Å². The predicted octanol–water partition coefficient (Wildman–Crippen LogP) is 0.578. The first-order chi connectivity index (χ1) is 7.84. The molecule has 2 N–H and O–H groups in total. The molecule has 0 aliphatic heterocycles. The Morgan fingerprint density at radius 2 is 2.12 bits per heavy atom. The minimum Gasteiger partial charge on any atom is -0.497 e. The van der Waals surface area contributed by atoms with Crippen LogP contribution in [-0.4, -0.2) is 26.0 Å². The summed E-state index contributed by atoms with van der Waals surface area (Å²) in [6, 6.07) is 4.22. The van der Waals surface area contributed by atoms with Crippen molar-refractivity contribution >= 4 is 16.0 Å². The molecule has 0 spiro atoms. The topological polar surface area (TPSA) is 92.7 Å². The van der Waals surface area contributed by atoms with Crippen molar-refractivity contribution in [1.29, 1.82) is 0 Å². The second-order valence-electron chi connectivity index (χ2n) is 3.36. The molecule has 0 radical (unpaired) electrons. The van der Waals surface area contributed by atoms with Gasteiger partial charge in [0, 0.05) is 19.5 Å². The fourth-order valence-corrected chi connectivity index (χ4v) is 2.00. The molecule has 0 atom stereocenters. The standard InChI is InChI=1S/C10H13NO5S/c1-7(12)11-6-8-3-4-9(16-2)5-10(8)17(13,14)15/h3-5H,6H2,1-2H3,(H,11,12)(H,13,14,15). The number of carbonyl (C=O) groups is 1. The van der Waals surface area contributed by atoms with E-state index in [1.54, 1.807) is 6.07 Å². The van der Waals surface area contributed by atoms with Crippen molar-refractivity contribution in [3.8, 4) is 5.75 Å². The number of benzene rings is 1. The Bertz CT molecular complexity index is 523. The molecule has 0 unspecified atom stereocenters. The van der Waals surface area contributed by atoms with Crippen LogP contribution in [0.1, 0.15) is 12.5 Å². The van der Waals surface area contributed by atoms with E-state index < -0.39 is 10.1 Å². The van der Waals surface area contributed by atoms with Crippen LogP contribution in [0, 0.1) is 0 Å². The third-order valence-electron chi connectivity index (χ3n) is 2.08. The number of nitrogens with one attached hydrogen (secondary N) is 1. The zero-order valence-electron chi connectivity index (χ0n) is 9.43. The van der Waals surface area contributed by atoms with Gasteiger partial charge in [0.15, 0.2) is 0 Å². The van der Waals surface area contributed by atoms with Gasteiger partial charge in [-0.25, -0.2) is 0 Å². The molecule has 0 aromatic heterocycles. The quantitative estimate of drug-likeness (QED) is 0.771. The van der Waals surface area contributed by atoms with E-state index in [0.717, 1.165) is 0 Å². The number of ether oxygens (including phenoxy) is 1. The number of rotatable bonds is 4. The minimum absolute atomic E-state index is 0.0223. The maximum atomic E-state index is 11.2. The van der Waals surface area contributed by atoms with Crippen LogP contribution in [0.5, 0.6) is 5.75 Å². The molecule has 0 bridgehead atoms. The molecule has 0 aliphatic carbocycles. The maximum absolute atomic E-state index is 11.2. The van der Waals surface area contributed by atoms with Gasteiger partial charge < -0.3 is 10.1 Å². The summed E-state index contributed by atoms with van der Waals surface area (Å²) in [5, 5.41) is 2.46. The van der Waals surface area contributed by atoms with Crippen molar-refractivity contribution < 1.29 is 22.5 Å². The van der Waals surface area contributed by atoms with Gasteiger partial charge in [-0.3, -0.25) is 9.35 Å². The van der Waals surface area contributed by atoms with Crippen molar-refractivity contribution in [3.63, 3.8) is 0 Å². The SMILES string of the molecule is COc1ccc(CNC(C)=O)c(S(=O)(=O)O)c1. The molecular formula is C10H13NO5S. The lowest BCUT2D eigenvalue weighted by atomic mass is 10.2. The van der Waals surface area contributed by atoms with Gasteiger partial charge in [0.2, 0.25) is 5.91 Å². The van der Waals surface area contributed by atoms with Crippen LogP contribution in [0.3, 0.4) is 0 Å². The first-order valence-electron chi connectivity index (χ1n) is 4.73. The molecule has 6 nitrogen and oxygen atoms in total. The van der Waals surface area contributed by atoms with Gasteiger partial charge in [-0.2, -0.15) is 8.42 Å². The van der Waals surface area contributed by atoms with E-state index in [0.29, 0.717) is 11.3 Å². The Hall–Kier alpha value is -1.60. The van der Waals surface area contributed by atoms with Crippen LogP contribution >= 0.6 is 0 Å². The fraction of sp³-hybridized carbons (Fsp3) is 0.300. The summed E-state index contributed by atoms with van der Waals surface area (Å²) in [5.74, 6) is 0.0197. The molecule has 0 saturated heterocycles. The van der Waals surface area contributed by atoms with Crippen LogP contribution in [-0.2, 0) is 21.5 Å². The van der Waals surface area contributed by atoms with Crippen LogP contribution < -0.4 is 10.1 Å². The van der Waals surface area contributed by atoms with Crippen molar-refractivity contribution in [1.82, 2.24) is 5.32 Å². The van der Waals surface area contributed by atoms with Gasteiger partial charge in [0.1, 0.15) is 10.6 Å². The zero-order valence-corrected chi connectivity index (χ0v) is 10.2. The molecule has 1 aromatic carbocycles. The summed E-state index contributed by atoms with van der Waals surface area (Å²) in [5.41, 5.74) is 0.295. The molecule has 0 fully saturated rings. The van der Waals surface area contributed by atoms with E-state index in [4.69, 9.17) is 9.29 Å². The first-order valence-corrected chi connectivity index (χ1v) is 6.17. The average molecular weight is 259 g/mol. The summed E-state index contributed by atoms with van der Waals surface area (Å²) < 4.78 is 36.2. The highest BCUT2D eigenvalue weighted by atomic mass is 32.2. The van der Waals surface area contributed by atoms with Crippen molar-refractivity contribution in [2.45, 2.75) is 18.4 Å². The third-order valence-corrected chi connectivity index (χ3v) is 3.02. The van der Waals surface area contributed by atoms with Crippen molar-refractivity contribution in [2.24, 2.45) is 0 Å². The lowest BCUT2D eigenvalue weighted by Crippen LogP contribution is -2.20. The van der Waals surface area contributed by atoms with E-state index in [9.17, 15) is 13.2 Å². The summed E-state index contributed by atoms with van der Waals surface area (Å²) in [7, 11) is -2.96. The maximum Gasteiger partial charge on any atom is 0.294 e. The summed E-state index contributed by atoms with van der Waals surface area (Å²) in [6.45, 7) is 1.34. The van der Waals surface area contributed by atoms with Crippen LogP contribution in [0.2, 0.25) is 0 Å². The highest BCUT2D eigenvalue weighted by Gasteiger charge is 2.16. The smallest absolute Gasteiger partial charge is 0.294 e. The Balaban J connectivity index is 3.16. The molecule has 1 rings (SSSR count). The zero-order chi connectivity index (χ0) is 13.1. The molecule has 7 heteroatoms. The Labute approximate surface area is 99.3 Å². The number of methoxy groups -OCH3 is 1. The monoisotopic (exact) mass is 259 g/mol. The molecule has 0 heterocycles. The third kappa shape index (κ3) is 3.72. The van der Waals surface area contributed by atoms with E-state index >= 15 is 0 Å². The number of amides is 1. The molecule has 1 amide bonds. The second kappa shape index (κ2) is 5.15. The lowest BCUT2D eigenvalue weighted by molar-refractivity contribution is -0.119. The lowest BCUT2D eigenvalue weighted by Gasteiger charge is -2.09. The van der Waals surface area contributed by atoms with Gasteiger partial charge in [-0.15, -0.1) is 0 Å². The highest BCUT2D eigenvalue weighted by Crippen LogP contribution is 2.21. The molecular weight excluding hydrogens is 246 g/mol. The van der Waals surface area contributed by atoms with Gasteiger partial charge in [-0.05, 0) is 11.6 Å². The summed E-state index contributed by atoms with van der Waals surface area (Å²) >= 11 is 0. The van der Waals surface area contributed by atoms with Crippen LogP contribution in [0.25, 0.3) is 0 Å². The Morgan fingerprint density at radius 3 is 2.59 bits per heavy atom. The van der Waals surface area contributed by atoms with Crippen LogP contribution in [0.15, 0.2) is 23.1 Å². The fourth-order valence-electron chi connectivity index (χ4n) is 1.27. The molecule has 1 aromatic rings. The molecule has 17 heavy (non-hydrogen) atoms. The number of hydrogen-bond donors (Lipinski definition) is 2. The molecule has 94 valence electrons. The van der Waals surface area contributed by atoms with E-state index in [1.807, 2.05) is 0 Å². The minimum atomic E-state index is -4.35. The first kappa shape index (κ1) is 13.5. The van der Waals surface area contributed by atoms with Gasteiger partial charge in [0.25, 0.3) is 10.1 Å². The molecule has 0 aliphatic rings. The summed E-state index contributed by atoms with van der Waals surface area (Å²) in [6.07, 6.45) is 0. The number of hydrogen-bond acceptors (Lipinski definition) is 4. The van der Waals surface area contributed by atoms with E-state index in [-0.39, 0.29) is 17.3 Å². The van der Waals surface area contributed by atoms with Crippen molar-refractivity contribution in [2.75, 3.05) is 7.11 Å². The Morgan fingerprint density at radius 1 is 1.47 bits per heavy atom. The highest BCUT2D eigenvalue weighted by molar-refractivity contribution is 7.85. The molecule has 0 saturated carbocycles. The Kier molecular flexibility index (Phi) is 4.08. The predicted molar refractivity (Wildman–Crippen MR) is 60.3 cm³/mol. The average Bonchev–Trinajstić information content (AvgIpc) is 2.24. The van der Waals surface area contributed by atoms with E-state index in [2.05, 4.69) is 5.32 Å². The largest absolute Gasteiger partial charge is 0.497 e. The number of carbonyl (C=O) groups excluding carboxylic acids is 1. The van der Waals surface area contributed by atoms with E-state index in [1.165, 1.54) is 26.2 Å².